The van der Waals surface area contributed by atoms with Gasteiger partial charge < -0.3 is 20.5 Å². The molecule has 0 radical (unpaired) electrons. The van der Waals surface area contributed by atoms with Gasteiger partial charge in [-0.25, -0.2) is 4.98 Å². The molecule has 8 heteroatoms. The number of amides is 2. The summed E-state index contributed by atoms with van der Waals surface area (Å²) in [5.74, 6) is -0.179. The molecule has 8 nitrogen and oxygen atoms in total. The van der Waals surface area contributed by atoms with Crippen molar-refractivity contribution < 1.29 is 19.4 Å². The number of aliphatic hydroxyl groups is 1. The number of aliphatic hydroxyl groups excluding tert-OH is 1. The number of carbonyl (C=O) groups excluding carboxylic acids is 2. The number of β-amino-alcohol motifs (C(OH)–C–C–N with tert-alkyl or cyclic N) is 1. The van der Waals surface area contributed by atoms with Gasteiger partial charge in [-0.3, -0.25) is 14.5 Å². The zero-order valence-electron chi connectivity index (χ0n) is 17.3. The number of benzene rings is 1. The molecule has 1 spiro atoms. The topological polar surface area (TPSA) is 104 Å². The van der Waals surface area contributed by atoms with E-state index >= 15 is 0 Å². The molecule has 1 aromatic carbocycles. The number of nitrogens with zero attached hydrogens (tertiary/aromatic N) is 2. The lowest BCUT2D eigenvalue weighted by Gasteiger charge is -2.42. The number of pyridine rings is 1. The van der Waals surface area contributed by atoms with Crippen LogP contribution in [-0.2, 0) is 17.8 Å². The first-order valence-corrected chi connectivity index (χ1v) is 10.8. The standard InChI is InChI=1S/C23H26N4O4/c28-18(14-27-9-6-15-4-1-2-5-16(15)13-27)12-24-20(29)17-10-19-21(25-11-17)31-23(7-3-8-23)22(30)26-19/h1-2,4-5,10-11,18,28H,3,6-9,12-14H2,(H,24,29)(H,26,30). The number of hydrogen-bond donors (Lipinski definition) is 3. The Kier molecular flexibility index (Phi) is 5.11. The largest absolute Gasteiger partial charge is 0.459 e. The maximum absolute atomic E-state index is 12.5. The Labute approximate surface area is 180 Å². The Morgan fingerprint density at radius 3 is 2.90 bits per heavy atom. The molecule has 5 rings (SSSR count). The number of hydrogen-bond acceptors (Lipinski definition) is 6. The number of nitrogens with one attached hydrogen (secondary N) is 2. The third-order valence-corrected chi connectivity index (χ3v) is 6.41. The zero-order chi connectivity index (χ0) is 21.4. The van der Waals surface area contributed by atoms with Crippen LogP contribution in [0.15, 0.2) is 36.5 Å². The number of rotatable bonds is 5. The highest BCUT2D eigenvalue weighted by Crippen LogP contribution is 2.42. The van der Waals surface area contributed by atoms with Gasteiger partial charge in [0.15, 0.2) is 5.60 Å². The molecule has 1 saturated carbocycles. The summed E-state index contributed by atoms with van der Waals surface area (Å²) in [5.41, 5.74) is 2.58. The van der Waals surface area contributed by atoms with Crippen molar-refractivity contribution in [2.24, 2.45) is 0 Å². The van der Waals surface area contributed by atoms with Crippen LogP contribution in [0.25, 0.3) is 0 Å². The van der Waals surface area contributed by atoms with Crippen molar-refractivity contribution in [2.45, 2.75) is 43.9 Å². The Balaban J connectivity index is 1.15. The molecule has 3 aliphatic rings. The molecule has 1 atom stereocenters. The predicted molar refractivity (Wildman–Crippen MR) is 114 cm³/mol. The van der Waals surface area contributed by atoms with Crippen LogP contribution in [0.5, 0.6) is 5.88 Å². The third kappa shape index (κ3) is 3.88. The van der Waals surface area contributed by atoms with E-state index in [1.165, 1.54) is 17.3 Å². The van der Waals surface area contributed by atoms with Gasteiger partial charge in [0.05, 0.1) is 11.7 Å². The molecule has 2 amide bonds. The maximum atomic E-state index is 12.5. The summed E-state index contributed by atoms with van der Waals surface area (Å²) in [6, 6.07) is 9.92. The molecule has 2 aliphatic heterocycles. The first kappa shape index (κ1) is 20.0. The Morgan fingerprint density at radius 1 is 1.32 bits per heavy atom. The SMILES string of the molecule is O=C(NCC(O)CN1CCc2ccccc2C1)c1cnc2c(c1)NC(=O)C1(CCC1)O2. The van der Waals surface area contributed by atoms with Crippen LogP contribution in [0.2, 0.25) is 0 Å². The average Bonchev–Trinajstić information content (AvgIpc) is 2.75. The Hall–Kier alpha value is -2.97. The normalized spacial score (nSPS) is 20.0. The molecule has 1 unspecified atom stereocenters. The van der Waals surface area contributed by atoms with Gasteiger partial charge in [0.25, 0.3) is 11.8 Å². The first-order valence-electron chi connectivity index (χ1n) is 10.8. The molecular formula is C23H26N4O4. The molecule has 1 aromatic heterocycles. The van der Waals surface area contributed by atoms with Gasteiger partial charge in [0.1, 0.15) is 5.69 Å². The lowest BCUT2D eigenvalue weighted by Crippen LogP contribution is -2.55. The molecule has 2 aromatic rings. The second-order valence-electron chi connectivity index (χ2n) is 8.60. The van der Waals surface area contributed by atoms with Crippen molar-refractivity contribution >= 4 is 17.5 Å². The van der Waals surface area contributed by atoms with Crippen molar-refractivity contribution in [3.8, 4) is 5.88 Å². The second-order valence-corrected chi connectivity index (χ2v) is 8.60. The minimum Gasteiger partial charge on any atom is -0.459 e. The van der Waals surface area contributed by atoms with Crippen LogP contribution in [0, 0.1) is 0 Å². The number of aromatic nitrogens is 1. The summed E-state index contributed by atoms with van der Waals surface area (Å²) in [4.78, 5) is 31.3. The molecule has 1 fully saturated rings. The van der Waals surface area contributed by atoms with Gasteiger partial charge in [0, 0.05) is 32.4 Å². The van der Waals surface area contributed by atoms with Crippen molar-refractivity contribution in [1.29, 1.82) is 0 Å². The van der Waals surface area contributed by atoms with E-state index in [9.17, 15) is 14.7 Å². The fourth-order valence-electron chi connectivity index (χ4n) is 4.43. The number of anilines is 1. The fourth-order valence-corrected chi connectivity index (χ4v) is 4.43. The van der Waals surface area contributed by atoms with Gasteiger partial charge in [-0.05, 0) is 42.9 Å². The van der Waals surface area contributed by atoms with E-state index in [1.807, 2.05) is 6.07 Å². The van der Waals surface area contributed by atoms with Crippen LogP contribution in [-0.4, -0.2) is 58.1 Å². The first-order chi connectivity index (χ1) is 15.0. The molecule has 3 N–H and O–H groups in total. The van der Waals surface area contributed by atoms with E-state index in [0.717, 1.165) is 25.9 Å². The quantitative estimate of drug-likeness (QED) is 0.675. The second kappa shape index (κ2) is 7.94. The van der Waals surface area contributed by atoms with Crippen molar-refractivity contribution in [3.05, 3.63) is 53.2 Å². The van der Waals surface area contributed by atoms with Crippen molar-refractivity contribution in [2.75, 3.05) is 25.0 Å². The van der Waals surface area contributed by atoms with Gasteiger partial charge in [-0.1, -0.05) is 24.3 Å². The predicted octanol–water partition coefficient (Wildman–Crippen LogP) is 1.48. The van der Waals surface area contributed by atoms with Gasteiger partial charge in [-0.2, -0.15) is 0 Å². The maximum Gasteiger partial charge on any atom is 0.268 e. The minimum absolute atomic E-state index is 0.139. The lowest BCUT2D eigenvalue weighted by atomic mass is 9.78. The molecular weight excluding hydrogens is 396 g/mol. The van der Waals surface area contributed by atoms with Crippen LogP contribution in [0.3, 0.4) is 0 Å². The van der Waals surface area contributed by atoms with Gasteiger partial charge in [-0.15, -0.1) is 0 Å². The molecule has 0 saturated heterocycles. The monoisotopic (exact) mass is 422 g/mol. The van der Waals surface area contributed by atoms with E-state index in [4.69, 9.17) is 4.74 Å². The summed E-state index contributed by atoms with van der Waals surface area (Å²) in [7, 11) is 0. The highest BCUT2D eigenvalue weighted by Gasteiger charge is 2.50. The van der Waals surface area contributed by atoms with E-state index in [2.05, 4.69) is 38.7 Å². The minimum atomic E-state index is -0.789. The summed E-state index contributed by atoms with van der Waals surface area (Å²) < 4.78 is 5.81. The van der Waals surface area contributed by atoms with E-state index in [0.29, 0.717) is 36.5 Å². The smallest absolute Gasteiger partial charge is 0.268 e. The highest BCUT2D eigenvalue weighted by molar-refractivity contribution is 6.02. The van der Waals surface area contributed by atoms with E-state index < -0.39 is 11.7 Å². The van der Waals surface area contributed by atoms with Crippen LogP contribution in [0.4, 0.5) is 5.69 Å². The number of ether oxygens (including phenoxy) is 1. The van der Waals surface area contributed by atoms with Gasteiger partial charge >= 0.3 is 0 Å². The van der Waals surface area contributed by atoms with Crippen molar-refractivity contribution in [1.82, 2.24) is 15.2 Å². The van der Waals surface area contributed by atoms with Crippen molar-refractivity contribution in [3.63, 3.8) is 0 Å². The van der Waals surface area contributed by atoms with E-state index in [1.54, 1.807) is 6.07 Å². The Morgan fingerprint density at radius 2 is 2.13 bits per heavy atom. The highest BCUT2D eigenvalue weighted by atomic mass is 16.5. The zero-order valence-corrected chi connectivity index (χ0v) is 17.3. The van der Waals surface area contributed by atoms with Crippen LogP contribution < -0.4 is 15.4 Å². The van der Waals surface area contributed by atoms with Crippen LogP contribution >= 0.6 is 0 Å². The van der Waals surface area contributed by atoms with Gasteiger partial charge in [0.2, 0.25) is 5.88 Å². The summed E-state index contributed by atoms with van der Waals surface area (Å²) in [6.07, 6.45) is 4.04. The fraction of sp³-hybridized carbons (Fsp3) is 0.435. The third-order valence-electron chi connectivity index (χ3n) is 6.41. The van der Waals surface area contributed by atoms with Crippen LogP contribution in [0.1, 0.15) is 40.7 Å². The molecule has 0 bridgehead atoms. The molecule has 162 valence electrons. The molecule has 3 heterocycles. The summed E-state index contributed by atoms with van der Waals surface area (Å²) in [6.45, 7) is 2.32. The lowest BCUT2D eigenvalue weighted by molar-refractivity contribution is -0.140. The molecule has 31 heavy (non-hydrogen) atoms. The number of carbonyl (C=O) groups is 2. The Bertz CT molecular complexity index is 1020. The number of fused-ring (bicyclic) bond motifs is 2. The average molecular weight is 422 g/mol. The molecule has 1 aliphatic carbocycles. The van der Waals surface area contributed by atoms with E-state index in [-0.39, 0.29) is 18.4 Å². The summed E-state index contributed by atoms with van der Waals surface area (Å²) >= 11 is 0. The summed E-state index contributed by atoms with van der Waals surface area (Å²) in [5, 5.41) is 16.0.